The predicted molar refractivity (Wildman–Crippen MR) is 80.0 cm³/mol. The number of benzene rings is 1. The largest absolute Gasteiger partial charge is 0.506 e. The number of carbonyl (C=O) groups is 2. The van der Waals surface area contributed by atoms with Crippen molar-refractivity contribution in [3.8, 4) is 5.75 Å². The summed E-state index contributed by atoms with van der Waals surface area (Å²) < 4.78 is 0. The molecule has 6 heteroatoms. The fourth-order valence-electron chi connectivity index (χ4n) is 2.07. The maximum atomic E-state index is 11.7. The second-order valence-electron chi connectivity index (χ2n) is 5.51. The number of hydrogen-bond donors (Lipinski definition) is 3. The monoisotopic (exact) mass is 289 g/mol. The lowest BCUT2D eigenvalue weighted by Gasteiger charge is -2.20. The summed E-state index contributed by atoms with van der Waals surface area (Å²) in [5, 5.41) is 16.6. The Morgan fingerprint density at radius 3 is 2.81 bits per heavy atom. The zero-order chi connectivity index (χ0) is 15.6. The van der Waals surface area contributed by atoms with E-state index in [0.29, 0.717) is 12.1 Å². The Bertz CT molecular complexity index is 608. The fraction of sp³-hybridized carbons (Fsp3) is 0.400. The van der Waals surface area contributed by atoms with Crippen molar-refractivity contribution in [2.24, 2.45) is 16.9 Å². The van der Waals surface area contributed by atoms with Gasteiger partial charge in [-0.3, -0.25) is 9.59 Å². The third-order valence-electron chi connectivity index (χ3n) is 3.33. The molecule has 1 aliphatic heterocycles. The molecule has 1 aliphatic rings. The summed E-state index contributed by atoms with van der Waals surface area (Å²) in [7, 11) is 0. The van der Waals surface area contributed by atoms with Crippen molar-refractivity contribution in [3.63, 3.8) is 0 Å². The standard InChI is InChI=1S/C15H19N3O3/c1-8(2)15(21)16-11-7-10(4-5-12(11)19)14-9(3)6-13(20)17-18-14/h4-5,7-9,19H,6H2,1-3H3,(H,16,21)(H,17,20). The van der Waals surface area contributed by atoms with Gasteiger partial charge < -0.3 is 10.4 Å². The number of aromatic hydroxyl groups is 1. The van der Waals surface area contributed by atoms with Gasteiger partial charge in [0.25, 0.3) is 0 Å². The summed E-state index contributed by atoms with van der Waals surface area (Å²) in [6, 6.07) is 4.90. The van der Waals surface area contributed by atoms with E-state index in [4.69, 9.17) is 0 Å². The summed E-state index contributed by atoms with van der Waals surface area (Å²) in [5.41, 5.74) is 4.29. The van der Waals surface area contributed by atoms with Gasteiger partial charge in [-0.1, -0.05) is 20.8 Å². The highest BCUT2D eigenvalue weighted by molar-refractivity contribution is 6.07. The molecule has 1 heterocycles. The number of phenols is 1. The maximum Gasteiger partial charge on any atom is 0.240 e. The Morgan fingerprint density at radius 1 is 1.48 bits per heavy atom. The lowest BCUT2D eigenvalue weighted by Crippen LogP contribution is -2.32. The van der Waals surface area contributed by atoms with Crippen LogP contribution < -0.4 is 10.7 Å². The average Bonchev–Trinajstić information content (AvgIpc) is 2.41. The topological polar surface area (TPSA) is 90.8 Å². The van der Waals surface area contributed by atoms with E-state index in [0.717, 1.165) is 11.3 Å². The van der Waals surface area contributed by atoms with Crippen molar-refractivity contribution in [1.29, 1.82) is 0 Å². The first-order valence-corrected chi connectivity index (χ1v) is 6.89. The first kappa shape index (κ1) is 15.0. The van der Waals surface area contributed by atoms with E-state index in [1.165, 1.54) is 6.07 Å². The highest BCUT2D eigenvalue weighted by atomic mass is 16.3. The van der Waals surface area contributed by atoms with Gasteiger partial charge >= 0.3 is 0 Å². The van der Waals surface area contributed by atoms with E-state index >= 15 is 0 Å². The molecular weight excluding hydrogens is 270 g/mol. The van der Waals surface area contributed by atoms with Crippen molar-refractivity contribution in [2.45, 2.75) is 27.2 Å². The second kappa shape index (κ2) is 5.95. The zero-order valence-electron chi connectivity index (χ0n) is 12.3. The molecule has 1 unspecified atom stereocenters. The third kappa shape index (κ3) is 3.39. The van der Waals surface area contributed by atoms with Crippen molar-refractivity contribution < 1.29 is 14.7 Å². The number of carbonyl (C=O) groups excluding carboxylic acids is 2. The first-order chi connectivity index (χ1) is 9.88. The number of nitrogens with one attached hydrogen (secondary N) is 2. The van der Waals surface area contributed by atoms with Gasteiger partial charge in [-0.2, -0.15) is 5.10 Å². The van der Waals surface area contributed by atoms with Gasteiger partial charge in [0.1, 0.15) is 5.75 Å². The zero-order valence-corrected chi connectivity index (χ0v) is 12.3. The van der Waals surface area contributed by atoms with Crippen LogP contribution >= 0.6 is 0 Å². The van der Waals surface area contributed by atoms with E-state index in [-0.39, 0.29) is 29.4 Å². The molecule has 2 amide bonds. The van der Waals surface area contributed by atoms with Gasteiger partial charge in [-0.25, -0.2) is 5.43 Å². The van der Waals surface area contributed by atoms with Crippen LogP contribution in [0.5, 0.6) is 5.75 Å². The molecule has 0 aromatic heterocycles. The van der Waals surface area contributed by atoms with Crippen LogP contribution in [0.4, 0.5) is 5.69 Å². The normalized spacial score (nSPS) is 18.2. The van der Waals surface area contributed by atoms with E-state index in [1.807, 2.05) is 6.92 Å². The molecule has 0 aliphatic carbocycles. The van der Waals surface area contributed by atoms with Crippen LogP contribution in [0, 0.1) is 11.8 Å². The molecule has 0 saturated heterocycles. The van der Waals surface area contributed by atoms with Crippen LogP contribution in [-0.4, -0.2) is 22.6 Å². The van der Waals surface area contributed by atoms with Gasteiger partial charge in [0, 0.05) is 23.8 Å². The van der Waals surface area contributed by atoms with Gasteiger partial charge in [-0.15, -0.1) is 0 Å². The summed E-state index contributed by atoms with van der Waals surface area (Å²) in [5.74, 6) is -0.483. The molecule has 6 nitrogen and oxygen atoms in total. The molecule has 1 aromatic carbocycles. The first-order valence-electron chi connectivity index (χ1n) is 6.89. The Morgan fingerprint density at radius 2 is 2.19 bits per heavy atom. The minimum Gasteiger partial charge on any atom is -0.506 e. The minimum absolute atomic E-state index is 0.000785. The maximum absolute atomic E-state index is 11.7. The average molecular weight is 289 g/mol. The second-order valence-corrected chi connectivity index (χ2v) is 5.51. The molecular formula is C15H19N3O3. The summed E-state index contributed by atoms with van der Waals surface area (Å²) in [6.07, 6.45) is 0.368. The summed E-state index contributed by atoms with van der Waals surface area (Å²) in [6.45, 7) is 5.47. The number of phenolic OH excluding ortho intramolecular Hbond substituents is 1. The number of anilines is 1. The highest BCUT2D eigenvalue weighted by Gasteiger charge is 2.22. The Labute approximate surface area is 123 Å². The summed E-state index contributed by atoms with van der Waals surface area (Å²) >= 11 is 0. The SMILES string of the molecule is CC(C)C(=O)Nc1cc(C2=NNC(=O)CC2C)ccc1O. The molecule has 112 valence electrons. The van der Waals surface area contributed by atoms with Crippen LogP contribution in [0.25, 0.3) is 0 Å². The van der Waals surface area contributed by atoms with Crippen molar-refractivity contribution >= 4 is 23.2 Å². The van der Waals surface area contributed by atoms with Crippen LogP contribution in [0.1, 0.15) is 32.8 Å². The van der Waals surface area contributed by atoms with Gasteiger partial charge in [0.2, 0.25) is 11.8 Å². The molecule has 0 saturated carbocycles. The van der Waals surface area contributed by atoms with E-state index in [2.05, 4.69) is 15.8 Å². The van der Waals surface area contributed by atoms with E-state index < -0.39 is 0 Å². The van der Waals surface area contributed by atoms with Crippen LogP contribution in [0.3, 0.4) is 0 Å². The highest BCUT2D eigenvalue weighted by Crippen LogP contribution is 2.27. The van der Waals surface area contributed by atoms with Gasteiger partial charge in [-0.05, 0) is 18.2 Å². The van der Waals surface area contributed by atoms with Crippen molar-refractivity contribution in [1.82, 2.24) is 5.43 Å². The molecule has 21 heavy (non-hydrogen) atoms. The lowest BCUT2D eigenvalue weighted by atomic mass is 9.93. The van der Waals surface area contributed by atoms with Gasteiger partial charge in [0.15, 0.2) is 0 Å². The predicted octanol–water partition coefficient (Wildman–Crippen LogP) is 1.85. The molecule has 0 radical (unpaired) electrons. The van der Waals surface area contributed by atoms with Crippen LogP contribution in [-0.2, 0) is 9.59 Å². The lowest BCUT2D eigenvalue weighted by molar-refractivity contribution is -0.122. The Hall–Kier alpha value is -2.37. The molecule has 2 rings (SSSR count). The van der Waals surface area contributed by atoms with Crippen LogP contribution in [0.2, 0.25) is 0 Å². The molecule has 1 aromatic rings. The van der Waals surface area contributed by atoms with E-state index in [9.17, 15) is 14.7 Å². The summed E-state index contributed by atoms with van der Waals surface area (Å²) in [4.78, 5) is 23.0. The number of hydrogen-bond acceptors (Lipinski definition) is 4. The van der Waals surface area contributed by atoms with Crippen molar-refractivity contribution in [3.05, 3.63) is 23.8 Å². The molecule has 0 bridgehead atoms. The van der Waals surface area contributed by atoms with Crippen LogP contribution in [0.15, 0.2) is 23.3 Å². The number of rotatable bonds is 3. The van der Waals surface area contributed by atoms with E-state index in [1.54, 1.807) is 26.0 Å². The Balaban J connectivity index is 2.30. The number of amides is 2. The van der Waals surface area contributed by atoms with Crippen molar-refractivity contribution in [2.75, 3.05) is 5.32 Å². The fourth-order valence-corrected chi connectivity index (χ4v) is 2.07. The minimum atomic E-state index is -0.182. The molecule has 0 spiro atoms. The smallest absolute Gasteiger partial charge is 0.240 e. The number of hydrazone groups is 1. The molecule has 1 atom stereocenters. The quantitative estimate of drug-likeness (QED) is 0.742. The molecule has 0 fully saturated rings. The van der Waals surface area contributed by atoms with Gasteiger partial charge in [0.05, 0.1) is 11.4 Å². The third-order valence-corrected chi connectivity index (χ3v) is 3.33. The number of nitrogens with zero attached hydrogens (tertiary/aromatic N) is 1. The Kier molecular flexibility index (Phi) is 4.26. The molecule has 3 N–H and O–H groups in total.